The minimum absolute atomic E-state index is 0.118. The van der Waals surface area contributed by atoms with Crippen LogP contribution < -0.4 is 4.74 Å². The van der Waals surface area contributed by atoms with E-state index in [9.17, 15) is 9.59 Å². The first-order valence-electron chi connectivity index (χ1n) is 9.71. The van der Waals surface area contributed by atoms with E-state index in [0.29, 0.717) is 18.6 Å². The van der Waals surface area contributed by atoms with Crippen molar-refractivity contribution in [3.8, 4) is 5.75 Å². The van der Waals surface area contributed by atoms with Crippen LogP contribution in [0, 0.1) is 13.8 Å². The van der Waals surface area contributed by atoms with E-state index < -0.39 is 0 Å². The van der Waals surface area contributed by atoms with Gasteiger partial charge in [0.25, 0.3) is 12.4 Å². The number of rotatable bonds is 8. The van der Waals surface area contributed by atoms with Crippen molar-refractivity contribution in [2.45, 2.75) is 33.6 Å². The summed E-state index contributed by atoms with van der Waals surface area (Å²) in [6.45, 7) is 7.04. The number of aromatic nitrogens is 1. The highest BCUT2D eigenvalue weighted by atomic mass is 16.5. The van der Waals surface area contributed by atoms with E-state index in [1.165, 1.54) is 6.26 Å². The van der Waals surface area contributed by atoms with Gasteiger partial charge in [0.2, 0.25) is 0 Å². The molecule has 5 heteroatoms. The van der Waals surface area contributed by atoms with Crippen molar-refractivity contribution < 1.29 is 19.1 Å². The summed E-state index contributed by atoms with van der Waals surface area (Å²) in [7, 11) is 0. The van der Waals surface area contributed by atoms with Crippen molar-refractivity contribution in [3.63, 3.8) is 0 Å². The Hall–Kier alpha value is -3.34. The summed E-state index contributed by atoms with van der Waals surface area (Å²) < 4.78 is 12.1. The van der Waals surface area contributed by atoms with Gasteiger partial charge in [-0.15, -0.1) is 0 Å². The van der Waals surface area contributed by atoms with Crippen molar-refractivity contribution >= 4 is 29.4 Å². The van der Waals surface area contributed by atoms with Crippen LogP contribution in [0.2, 0.25) is 0 Å². The summed E-state index contributed by atoms with van der Waals surface area (Å²) >= 11 is 0. The van der Waals surface area contributed by atoms with E-state index in [-0.39, 0.29) is 5.91 Å². The molecule has 0 atom stereocenters. The molecule has 1 aromatic heterocycles. The highest BCUT2D eigenvalue weighted by Gasteiger charge is 2.19. The van der Waals surface area contributed by atoms with Gasteiger partial charge in [-0.1, -0.05) is 25.0 Å². The Morgan fingerprint density at radius 1 is 1.10 bits per heavy atom. The topological polar surface area (TPSA) is 57.5 Å². The van der Waals surface area contributed by atoms with Crippen molar-refractivity contribution in [1.82, 2.24) is 4.57 Å². The van der Waals surface area contributed by atoms with E-state index in [2.05, 4.69) is 6.92 Å². The van der Waals surface area contributed by atoms with Gasteiger partial charge in [0.05, 0.1) is 18.4 Å². The smallest absolute Gasteiger partial charge is 0.297 e. The van der Waals surface area contributed by atoms with Gasteiger partial charge in [-0.2, -0.15) is 0 Å². The number of hydrogen-bond donors (Lipinski definition) is 0. The molecule has 0 aliphatic rings. The van der Waals surface area contributed by atoms with Crippen molar-refractivity contribution in [1.29, 1.82) is 0 Å². The average Bonchev–Trinajstić information content (AvgIpc) is 2.99. The number of carbonyl (C=O) groups is 2. The van der Waals surface area contributed by atoms with Gasteiger partial charge in [-0.05, 0) is 62.7 Å². The van der Waals surface area contributed by atoms with Crippen LogP contribution in [0.4, 0.5) is 0 Å². The second kappa shape index (κ2) is 9.24. The van der Waals surface area contributed by atoms with E-state index >= 15 is 0 Å². The van der Waals surface area contributed by atoms with Gasteiger partial charge in [0, 0.05) is 22.2 Å². The van der Waals surface area contributed by atoms with E-state index in [4.69, 9.17) is 9.47 Å². The molecule has 0 fully saturated rings. The van der Waals surface area contributed by atoms with Crippen LogP contribution in [0.1, 0.15) is 46.9 Å². The SMILES string of the molecule is CCCCOc1ccc(C(=O)n2c(C)c(/C=C/OC=O)c3cc(C)ccc32)cc1. The summed E-state index contributed by atoms with van der Waals surface area (Å²) in [4.78, 5) is 23.8. The van der Waals surface area contributed by atoms with E-state index in [1.54, 1.807) is 22.8 Å². The standard InChI is InChI=1S/C24H25NO4/c1-4-5-13-29-20-9-7-19(8-10-20)24(27)25-18(3)21(12-14-28-16-26)22-15-17(2)6-11-23(22)25/h6-12,14-16H,4-5,13H2,1-3H3/b14-12+. The molecule has 0 N–H and O–H groups in total. The molecular weight excluding hydrogens is 366 g/mol. The number of nitrogens with zero attached hydrogens (tertiary/aromatic N) is 1. The third-order valence-electron chi connectivity index (χ3n) is 4.85. The molecule has 0 aliphatic carbocycles. The second-order valence-electron chi connectivity index (χ2n) is 6.92. The molecule has 0 spiro atoms. The van der Waals surface area contributed by atoms with Crippen molar-refractivity contribution in [2.75, 3.05) is 6.61 Å². The Kier molecular flexibility index (Phi) is 6.50. The maximum Gasteiger partial charge on any atom is 0.297 e. The van der Waals surface area contributed by atoms with Crippen molar-refractivity contribution in [3.05, 3.63) is 71.1 Å². The molecule has 0 saturated heterocycles. The van der Waals surface area contributed by atoms with Gasteiger partial charge in [-0.25, -0.2) is 0 Å². The number of fused-ring (bicyclic) bond motifs is 1. The van der Waals surface area contributed by atoms with E-state index in [0.717, 1.165) is 46.3 Å². The number of ether oxygens (including phenoxy) is 2. The highest BCUT2D eigenvalue weighted by Crippen LogP contribution is 2.29. The maximum absolute atomic E-state index is 13.3. The largest absolute Gasteiger partial charge is 0.494 e. The lowest BCUT2D eigenvalue weighted by Gasteiger charge is -2.09. The molecule has 29 heavy (non-hydrogen) atoms. The molecule has 1 heterocycles. The van der Waals surface area contributed by atoms with E-state index in [1.807, 2.05) is 44.2 Å². The van der Waals surface area contributed by atoms with Crippen LogP contribution in [-0.4, -0.2) is 23.6 Å². The molecule has 0 unspecified atom stereocenters. The normalized spacial score (nSPS) is 11.1. The molecule has 0 amide bonds. The minimum Gasteiger partial charge on any atom is -0.494 e. The fourth-order valence-corrected chi connectivity index (χ4v) is 3.33. The van der Waals surface area contributed by atoms with Gasteiger partial charge in [0.15, 0.2) is 0 Å². The van der Waals surface area contributed by atoms with Crippen LogP contribution in [0.5, 0.6) is 5.75 Å². The molecule has 0 radical (unpaired) electrons. The molecule has 150 valence electrons. The minimum atomic E-state index is -0.118. The zero-order valence-electron chi connectivity index (χ0n) is 17.0. The lowest BCUT2D eigenvalue weighted by atomic mass is 10.1. The van der Waals surface area contributed by atoms with Crippen LogP contribution >= 0.6 is 0 Å². The zero-order chi connectivity index (χ0) is 20.8. The molecule has 0 bridgehead atoms. The first-order chi connectivity index (χ1) is 14.1. The predicted molar refractivity (Wildman–Crippen MR) is 114 cm³/mol. The summed E-state index contributed by atoms with van der Waals surface area (Å²) in [5.41, 5.74) is 4.10. The number of benzene rings is 2. The van der Waals surface area contributed by atoms with Crippen molar-refractivity contribution in [2.24, 2.45) is 0 Å². The molecule has 2 aromatic carbocycles. The van der Waals surface area contributed by atoms with Crippen LogP contribution in [0.25, 0.3) is 17.0 Å². The molecule has 3 aromatic rings. The van der Waals surface area contributed by atoms with Gasteiger partial charge >= 0.3 is 0 Å². The Morgan fingerprint density at radius 2 is 1.86 bits per heavy atom. The zero-order valence-corrected chi connectivity index (χ0v) is 17.0. The summed E-state index contributed by atoms with van der Waals surface area (Å²) in [5, 5.41) is 0.932. The number of carbonyl (C=O) groups excluding carboxylic acids is 2. The molecule has 3 rings (SSSR count). The van der Waals surface area contributed by atoms with Gasteiger partial charge in [-0.3, -0.25) is 14.2 Å². The van der Waals surface area contributed by atoms with Gasteiger partial charge in [0.1, 0.15) is 5.75 Å². The van der Waals surface area contributed by atoms with Crippen LogP contribution in [-0.2, 0) is 9.53 Å². The molecule has 0 aliphatic heterocycles. The Balaban J connectivity index is 1.99. The second-order valence-corrected chi connectivity index (χ2v) is 6.92. The maximum atomic E-state index is 13.3. The van der Waals surface area contributed by atoms with Crippen LogP contribution in [0.3, 0.4) is 0 Å². The first kappa shape index (κ1) is 20.4. The average molecular weight is 391 g/mol. The fraction of sp³-hybridized carbons (Fsp3) is 0.250. The summed E-state index contributed by atoms with van der Waals surface area (Å²) in [6, 6.07) is 13.2. The summed E-state index contributed by atoms with van der Waals surface area (Å²) in [6.07, 6.45) is 5.11. The Labute approximate surface area is 170 Å². The van der Waals surface area contributed by atoms with Crippen LogP contribution in [0.15, 0.2) is 48.7 Å². The Morgan fingerprint density at radius 3 is 2.55 bits per heavy atom. The lowest BCUT2D eigenvalue weighted by molar-refractivity contribution is -0.123. The monoisotopic (exact) mass is 391 g/mol. The fourth-order valence-electron chi connectivity index (χ4n) is 3.33. The molecule has 0 saturated carbocycles. The third-order valence-corrected chi connectivity index (χ3v) is 4.85. The predicted octanol–water partition coefficient (Wildman–Crippen LogP) is 5.27. The molecular formula is C24H25NO4. The highest BCUT2D eigenvalue weighted by molar-refractivity contribution is 6.05. The third kappa shape index (κ3) is 4.40. The summed E-state index contributed by atoms with van der Waals surface area (Å²) in [5.74, 6) is 0.641. The number of unbranched alkanes of at least 4 members (excludes halogenated alkanes) is 1. The quantitative estimate of drug-likeness (QED) is 0.298. The first-order valence-corrected chi connectivity index (χ1v) is 9.71. The number of aryl methyl sites for hydroxylation is 1. The number of hydrogen-bond acceptors (Lipinski definition) is 4. The molecule has 5 nitrogen and oxygen atoms in total. The lowest BCUT2D eigenvalue weighted by Crippen LogP contribution is -2.13. The van der Waals surface area contributed by atoms with Gasteiger partial charge < -0.3 is 9.47 Å². The Bertz CT molecular complexity index is 1040.